The van der Waals surface area contributed by atoms with Gasteiger partial charge in [-0.25, -0.2) is 0 Å². The molecule has 3 heterocycles. The summed E-state index contributed by atoms with van der Waals surface area (Å²) in [7, 11) is 0. The fourth-order valence-electron chi connectivity index (χ4n) is 3.39. The first-order chi connectivity index (χ1) is 14.1. The van der Waals surface area contributed by atoms with Crippen LogP contribution in [0.15, 0.2) is 59.3 Å². The predicted octanol–water partition coefficient (Wildman–Crippen LogP) is 3.31. The van der Waals surface area contributed by atoms with E-state index in [1.807, 2.05) is 30.3 Å². The molecule has 0 aliphatic carbocycles. The molecule has 8 heteroatoms. The van der Waals surface area contributed by atoms with Crippen LogP contribution in [0.4, 0.5) is 0 Å². The van der Waals surface area contributed by atoms with Crippen LogP contribution in [-0.2, 0) is 11.3 Å². The van der Waals surface area contributed by atoms with E-state index in [0.717, 1.165) is 12.1 Å². The van der Waals surface area contributed by atoms with Crippen molar-refractivity contribution in [1.82, 2.24) is 20.4 Å². The highest BCUT2D eigenvalue weighted by molar-refractivity contribution is 6.33. The Hall–Kier alpha value is -3.19. The maximum atomic E-state index is 12.9. The van der Waals surface area contributed by atoms with Gasteiger partial charge in [0.1, 0.15) is 6.04 Å². The van der Waals surface area contributed by atoms with Crippen molar-refractivity contribution in [2.45, 2.75) is 25.4 Å². The van der Waals surface area contributed by atoms with Crippen molar-refractivity contribution < 1.29 is 14.1 Å². The monoisotopic (exact) mass is 410 g/mol. The number of likely N-dealkylation sites (tertiary alicyclic amines) is 1. The SMILES string of the molecule is O=C(NCc1ccccn1)[C@H]1CCCN1C(=O)c1cc(-c2ccccc2Cl)on1. The predicted molar refractivity (Wildman–Crippen MR) is 107 cm³/mol. The van der Waals surface area contributed by atoms with Crippen LogP contribution in [0, 0.1) is 0 Å². The third-order valence-corrected chi connectivity index (χ3v) is 5.18. The van der Waals surface area contributed by atoms with Gasteiger partial charge >= 0.3 is 0 Å². The van der Waals surface area contributed by atoms with Crippen LogP contribution in [0.3, 0.4) is 0 Å². The molecule has 29 heavy (non-hydrogen) atoms. The molecule has 0 unspecified atom stereocenters. The van der Waals surface area contributed by atoms with E-state index in [1.54, 1.807) is 29.3 Å². The van der Waals surface area contributed by atoms with Crippen LogP contribution in [0.2, 0.25) is 5.02 Å². The standard InChI is InChI=1S/C21H19ClN4O3/c22-16-8-2-1-7-15(16)19-12-17(25-29-19)21(28)26-11-5-9-18(26)20(27)24-13-14-6-3-4-10-23-14/h1-4,6-8,10,12,18H,5,9,11,13H2,(H,24,27)/t18-/m1/s1. The highest BCUT2D eigenvalue weighted by atomic mass is 35.5. The van der Waals surface area contributed by atoms with E-state index in [1.165, 1.54) is 0 Å². The quantitative estimate of drug-likeness (QED) is 0.697. The number of aromatic nitrogens is 2. The first-order valence-corrected chi connectivity index (χ1v) is 9.71. The van der Waals surface area contributed by atoms with Crippen LogP contribution in [0.5, 0.6) is 0 Å². The van der Waals surface area contributed by atoms with Gasteiger partial charge in [0, 0.05) is 24.4 Å². The fraction of sp³-hybridized carbons (Fsp3) is 0.238. The summed E-state index contributed by atoms with van der Waals surface area (Å²) in [6, 6.07) is 13.7. The number of rotatable bonds is 5. The number of carbonyl (C=O) groups is 2. The Kier molecular flexibility index (Phi) is 5.57. The Morgan fingerprint density at radius 1 is 1.21 bits per heavy atom. The molecule has 0 saturated carbocycles. The van der Waals surface area contributed by atoms with Gasteiger partial charge in [-0.15, -0.1) is 0 Å². The molecule has 1 aliphatic heterocycles. The summed E-state index contributed by atoms with van der Waals surface area (Å²) in [4.78, 5) is 31.3. The van der Waals surface area contributed by atoms with E-state index in [-0.39, 0.29) is 17.5 Å². The van der Waals surface area contributed by atoms with Gasteiger partial charge in [-0.2, -0.15) is 0 Å². The van der Waals surface area contributed by atoms with Gasteiger partial charge < -0.3 is 14.7 Å². The Balaban J connectivity index is 1.45. The normalized spacial score (nSPS) is 16.0. The molecular formula is C21H19ClN4O3. The zero-order chi connectivity index (χ0) is 20.2. The lowest BCUT2D eigenvalue weighted by molar-refractivity contribution is -0.125. The van der Waals surface area contributed by atoms with Crippen molar-refractivity contribution in [3.05, 3.63) is 71.1 Å². The molecule has 1 aliphatic rings. The Labute approximate surface area is 172 Å². The Morgan fingerprint density at radius 2 is 2.03 bits per heavy atom. The van der Waals surface area contributed by atoms with Crippen molar-refractivity contribution in [3.8, 4) is 11.3 Å². The summed E-state index contributed by atoms with van der Waals surface area (Å²) in [5.41, 5.74) is 1.58. The molecule has 7 nitrogen and oxygen atoms in total. The summed E-state index contributed by atoms with van der Waals surface area (Å²) in [5, 5.41) is 7.27. The maximum absolute atomic E-state index is 12.9. The number of nitrogens with zero attached hydrogens (tertiary/aromatic N) is 3. The molecule has 148 valence electrons. The number of carbonyl (C=O) groups excluding carboxylic acids is 2. The lowest BCUT2D eigenvalue weighted by Crippen LogP contribution is -2.45. The molecular weight excluding hydrogens is 392 g/mol. The molecule has 0 bridgehead atoms. The van der Waals surface area contributed by atoms with Crippen LogP contribution >= 0.6 is 11.6 Å². The third kappa shape index (κ3) is 4.14. The first-order valence-electron chi connectivity index (χ1n) is 9.33. The van der Waals surface area contributed by atoms with Gasteiger partial charge in [0.05, 0.1) is 17.3 Å². The second-order valence-corrected chi connectivity index (χ2v) is 7.16. The largest absolute Gasteiger partial charge is 0.355 e. The zero-order valence-corrected chi connectivity index (χ0v) is 16.3. The summed E-state index contributed by atoms with van der Waals surface area (Å²) in [5.74, 6) is -0.117. The van der Waals surface area contributed by atoms with Crippen molar-refractivity contribution in [3.63, 3.8) is 0 Å². The number of nitrogens with one attached hydrogen (secondary N) is 1. The van der Waals surface area contributed by atoms with Crippen molar-refractivity contribution in [1.29, 1.82) is 0 Å². The molecule has 2 amide bonds. The molecule has 2 aromatic heterocycles. The summed E-state index contributed by atoms with van der Waals surface area (Å²) >= 11 is 6.18. The smallest absolute Gasteiger partial charge is 0.276 e. The van der Waals surface area contributed by atoms with Crippen molar-refractivity contribution in [2.24, 2.45) is 0 Å². The lowest BCUT2D eigenvalue weighted by Gasteiger charge is -2.22. The minimum absolute atomic E-state index is 0.157. The molecule has 3 aromatic rings. The van der Waals surface area contributed by atoms with Crippen LogP contribution in [0.1, 0.15) is 29.0 Å². The van der Waals surface area contributed by atoms with E-state index in [4.69, 9.17) is 16.1 Å². The Morgan fingerprint density at radius 3 is 2.83 bits per heavy atom. The van der Waals surface area contributed by atoms with E-state index in [0.29, 0.717) is 35.9 Å². The molecule has 1 atom stereocenters. The molecule has 1 N–H and O–H groups in total. The fourth-order valence-corrected chi connectivity index (χ4v) is 3.62. The number of hydrogen-bond donors (Lipinski definition) is 1. The molecule has 1 saturated heterocycles. The second kappa shape index (κ2) is 8.45. The topological polar surface area (TPSA) is 88.3 Å². The average Bonchev–Trinajstić information content (AvgIpc) is 3.43. The van der Waals surface area contributed by atoms with Crippen LogP contribution < -0.4 is 5.32 Å². The van der Waals surface area contributed by atoms with Gasteiger partial charge in [0.25, 0.3) is 5.91 Å². The third-order valence-electron chi connectivity index (χ3n) is 4.85. The van der Waals surface area contributed by atoms with Crippen LogP contribution in [-0.4, -0.2) is 39.4 Å². The number of hydrogen-bond acceptors (Lipinski definition) is 5. The number of halogens is 1. The summed E-state index contributed by atoms with van der Waals surface area (Å²) in [6.45, 7) is 0.813. The van der Waals surface area contributed by atoms with Gasteiger partial charge in [0.15, 0.2) is 11.5 Å². The minimum Gasteiger partial charge on any atom is -0.355 e. The Bertz CT molecular complexity index is 1020. The molecule has 1 aromatic carbocycles. The van der Waals surface area contributed by atoms with Crippen molar-refractivity contribution in [2.75, 3.05) is 6.54 Å². The lowest BCUT2D eigenvalue weighted by atomic mass is 10.1. The summed E-state index contributed by atoms with van der Waals surface area (Å²) < 4.78 is 5.32. The molecule has 0 spiro atoms. The van der Waals surface area contributed by atoms with E-state index >= 15 is 0 Å². The zero-order valence-electron chi connectivity index (χ0n) is 15.5. The number of amides is 2. The average molecular weight is 411 g/mol. The minimum atomic E-state index is -0.535. The maximum Gasteiger partial charge on any atom is 0.276 e. The first kappa shape index (κ1) is 19.1. The van der Waals surface area contributed by atoms with E-state index in [2.05, 4.69) is 15.5 Å². The molecule has 0 radical (unpaired) electrons. The summed E-state index contributed by atoms with van der Waals surface area (Å²) in [6.07, 6.45) is 3.03. The van der Waals surface area contributed by atoms with Crippen LogP contribution in [0.25, 0.3) is 11.3 Å². The molecule has 1 fully saturated rings. The number of benzene rings is 1. The number of pyridine rings is 1. The van der Waals surface area contributed by atoms with E-state index in [9.17, 15) is 9.59 Å². The highest BCUT2D eigenvalue weighted by Gasteiger charge is 2.35. The second-order valence-electron chi connectivity index (χ2n) is 6.75. The van der Waals surface area contributed by atoms with Gasteiger partial charge in [-0.1, -0.05) is 35.0 Å². The van der Waals surface area contributed by atoms with Gasteiger partial charge in [0.2, 0.25) is 5.91 Å². The molecule has 4 rings (SSSR count). The highest BCUT2D eigenvalue weighted by Crippen LogP contribution is 2.29. The van der Waals surface area contributed by atoms with Gasteiger partial charge in [-0.05, 0) is 37.1 Å². The van der Waals surface area contributed by atoms with E-state index < -0.39 is 6.04 Å². The van der Waals surface area contributed by atoms with Crippen molar-refractivity contribution >= 4 is 23.4 Å². The van der Waals surface area contributed by atoms with Gasteiger partial charge in [-0.3, -0.25) is 14.6 Å².